The van der Waals surface area contributed by atoms with Crippen molar-refractivity contribution < 1.29 is 0 Å². The zero-order valence-electron chi connectivity index (χ0n) is 14.2. The highest BCUT2D eigenvalue weighted by Crippen LogP contribution is 2.22. The van der Waals surface area contributed by atoms with Crippen LogP contribution in [-0.2, 0) is 6.42 Å². The average Bonchev–Trinajstić information content (AvgIpc) is 2.49. The zero-order chi connectivity index (χ0) is 15.4. The van der Waals surface area contributed by atoms with Gasteiger partial charge < -0.3 is 0 Å². The molecule has 0 aliphatic heterocycles. The van der Waals surface area contributed by atoms with Crippen molar-refractivity contribution in [2.75, 3.05) is 0 Å². The third-order valence-corrected chi connectivity index (χ3v) is 3.40. The molecule has 0 fully saturated rings. The van der Waals surface area contributed by atoms with E-state index in [9.17, 15) is 0 Å². The van der Waals surface area contributed by atoms with E-state index in [-0.39, 0.29) is 0 Å². The Kier molecular flexibility index (Phi) is 10.8. The zero-order valence-corrected chi connectivity index (χ0v) is 14.2. The van der Waals surface area contributed by atoms with Gasteiger partial charge in [0.05, 0.1) is 0 Å². The Balaban J connectivity index is 0.00000172. The second-order valence-corrected chi connectivity index (χ2v) is 4.98. The first-order valence-electron chi connectivity index (χ1n) is 8.08. The highest BCUT2D eigenvalue weighted by molar-refractivity contribution is 5.32. The van der Waals surface area contributed by atoms with Gasteiger partial charge in [-0.25, -0.2) is 0 Å². The SMILES string of the molecule is C/C=C\C(=C/C)Cc1cccc(C(C)CCC)c1.CC. The van der Waals surface area contributed by atoms with Crippen molar-refractivity contribution in [3.8, 4) is 0 Å². The van der Waals surface area contributed by atoms with E-state index in [1.54, 1.807) is 0 Å². The summed E-state index contributed by atoms with van der Waals surface area (Å²) in [5, 5.41) is 0. The monoisotopic (exact) mass is 272 g/mol. The van der Waals surface area contributed by atoms with Gasteiger partial charge in [0.15, 0.2) is 0 Å². The quantitative estimate of drug-likeness (QED) is 0.506. The van der Waals surface area contributed by atoms with Crippen molar-refractivity contribution in [2.24, 2.45) is 0 Å². The molecule has 1 atom stereocenters. The number of allylic oxidation sites excluding steroid dienone is 4. The fourth-order valence-electron chi connectivity index (χ4n) is 2.32. The van der Waals surface area contributed by atoms with E-state index in [0.717, 1.165) is 6.42 Å². The highest BCUT2D eigenvalue weighted by Gasteiger charge is 2.05. The largest absolute Gasteiger partial charge is 0.0874 e. The number of benzene rings is 1. The van der Waals surface area contributed by atoms with Crippen LogP contribution < -0.4 is 0 Å². The first kappa shape index (κ1) is 18.7. The van der Waals surface area contributed by atoms with Gasteiger partial charge in [0.1, 0.15) is 0 Å². The fraction of sp³-hybridized carbons (Fsp3) is 0.500. The maximum absolute atomic E-state index is 2.37. The van der Waals surface area contributed by atoms with E-state index >= 15 is 0 Å². The maximum atomic E-state index is 2.37. The van der Waals surface area contributed by atoms with Gasteiger partial charge in [0.25, 0.3) is 0 Å². The Bertz CT molecular complexity index is 410. The van der Waals surface area contributed by atoms with Crippen LogP contribution in [0.15, 0.2) is 48.1 Å². The van der Waals surface area contributed by atoms with E-state index < -0.39 is 0 Å². The molecule has 1 aromatic rings. The minimum absolute atomic E-state index is 0.672. The van der Waals surface area contributed by atoms with Crippen LogP contribution in [0.3, 0.4) is 0 Å². The molecule has 0 aromatic heterocycles. The van der Waals surface area contributed by atoms with Crippen molar-refractivity contribution >= 4 is 0 Å². The molecule has 20 heavy (non-hydrogen) atoms. The van der Waals surface area contributed by atoms with Crippen molar-refractivity contribution in [1.82, 2.24) is 0 Å². The lowest BCUT2D eigenvalue weighted by molar-refractivity contribution is 0.664. The van der Waals surface area contributed by atoms with Crippen LogP contribution >= 0.6 is 0 Å². The predicted molar refractivity (Wildman–Crippen MR) is 93.4 cm³/mol. The molecule has 0 bridgehead atoms. The molecule has 112 valence electrons. The van der Waals surface area contributed by atoms with Crippen LogP contribution in [0.2, 0.25) is 0 Å². The van der Waals surface area contributed by atoms with Crippen molar-refractivity contribution in [3.05, 3.63) is 59.2 Å². The second kappa shape index (κ2) is 11.5. The van der Waals surface area contributed by atoms with Crippen molar-refractivity contribution in [1.29, 1.82) is 0 Å². The molecule has 0 aliphatic rings. The summed E-state index contributed by atoms with van der Waals surface area (Å²) < 4.78 is 0. The van der Waals surface area contributed by atoms with E-state index in [2.05, 4.69) is 70.2 Å². The molecular formula is C20H32. The molecule has 1 aromatic carbocycles. The van der Waals surface area contributed by atoms with Gasteiger partial charge in [-0.05, 0) is 49.3 Å². The minimum atomic E-state index is 0.672. The van der Waals surface area contributed by atoms with Crippen LogP contribution in [0.5, 0.6) is 0 Å². The van der Waals surface area contributed by atoms with Crippen molar-refractivity contribution in [2.45, 2.75) is 66.7 Å². The molecule has 0 amide bonds. The molecule has 1 unspecified atom stereocenters. The van der Waals surface area contributed by atoms with Gasteiger partial charge >= 0.3 is 0 Å². The Labute approximate surface area is 126 Å². The lowest BCUT2D eigenvalue weighted by Crippen LogP contribution is -1.95. The second-order valence-electron chi connectivity index (χ2n) is 4.98. The Morgan fingerprint density at radius 1 is 1.20 bits per heavy atom. The maximum Gasteiger partial charge on any atom is -0.00291 e. The lowest BCUT2D eigenvalue weighted by Gasteiger charge is -2.12. The van der Waals surface area contributed by atoms with E-state index in [0.29, 0.717) is 5.92 Å². The van der Waals surface area contributed by atoms with E-state index in [1.165, 1.54) is 29.5 Å². The topological polar surface area (TPSA) is 0 Å². The van der Waals surface area contributed by atoms with Crippen LogP contribution in [0.25, 0.3) is 0 Å². The molecule has 0 radical (unpaired) electrons. The Morgan fingerprint density at radius 3 is 2.45 bits per heavy atom. The molecule has 0 N–H and O–H groups in total. The van der Waals surface area contributed by atoms with Gasteiger partial charge in [-0.1, -0.05) is 76.6 Å². The van der Waals surface area contributed by atoms with E-state index in [1.807, 2.05) is 13.8 Å². The van der Waals surface area contributed by atoms with Gasteiger partial charge in [0.2, 0.25) is 0 Å². The van der Waals surface area contributed by atoms with Crippen LogP contribution in [0.1, 0.15) is 71.4 Å². The molecule has 0 heteroatoms. The van der Waals surface area contributed by atoms with Crippen LogP contribution in [-0.4, -0.2) is 0 Å². The third kappa shape index (κ3) is 6.75. The third-order valence-electron chi connectivity index (χ3n) is 3.40. The Morgan fingerprint density at radius 2 is 1.90 bits per heavy atom. The molecular weight excluding hydrogens is 240 g/mol. The summed E-state index contributed by atoms with van der Waals surface area (Å²) in [6.45, 7) is 12.8. The molecule has 1 rings (SSSR count). The summed E-state index contributed by atoms with van der Waals surface area (Å²) in [6.07, 6.45) is 10.1. The van der Waals surface area contributed by atoms with Crippen molar-refractivity contribution in [3.63, 3.8) is 0 Å². The summed E-state index contributed by atoms with van der Waals surface area (Å²) in [5.41, 5.74) is 4.28. The molecule has 0 saturated carbocycles. The minimum Gasteiger partial charge on any atom is -0.0874 e. The molecule has 0 saturated heterocycles. The molecule has 0 spiro atoms. The van der Waals surface area contributed by atoms with Gasteiger partial charge in [-0.15, -0.1) is 0 Å². The molecule has 0 nitrogen and oxygen atoms in total. The number of rotatable bonds is 6. The smallest absolute Gasteiger partial charge is 0.00291 e. The first-order valence-corrected chi connectivity index (χ1v) is 8.08. The van der Waals surface area contributed by atoms with Gasteiger partial charge in [-0.3, -0.25) is 0 Å². The van der Waals surface area contributed by atoms with Gasteiger partial charge in [-0.2, -0.15) is 0 Å². The van der Waals surface area contributed by atoms with Crippen LogP contribution in [0, 0.1) is 0 Å². The Hall–Kier alpha value is -1.30. The van der Waals surface area contributed by atoms with Crippen LogP contribution in [0.4, 0.5) is 0 Å². The fourth-order valence-corrected chi connectivity index (χ4v) is 2.32. The summed E-state index contributed by atoms with van der Waals surface area (Å²) in [7, 11) is 0. The average molecular weight is 272 g/mol. The summed E-state index contributed by atoms with van der Waals surface area (Å²) in [5.74, 6) is 0.672. The van der Waals surface area contributed by atoms with E-state index in [4.69, 9.17) is 0 Å². The van der Waals surface area contributed by atoms with Gasteiger partial charge in [0, 0.05) is 0 Å². The predicted octanol–water partition coefficient (Wildman–Crippen LogP) is 6.68. The summed E-state index contributed by atoms with van der Waals surface area (Å²) in [4.78, 5) is 0. The molecule has 0 heterocycles. The number of hydrogen-bond acceptors (Lipinski definition) is 0. The normalized spacial score (nSPS) is 13.0. The summed E-state index contributed by atoms with van der Waals surface area (Å²) in [6, 6.07) is 9.05. The standard InChI is InChI=1S/C18H26.C2H6/c1-5-9-15(4)18-12-8-11-17(14-18)13-16(7-3)10-6-2;1-2/h6-8,10-12,14-15H,5,9,13H2,1-4H3;1-2H3/b10-6-,16-7+;. The highest BCUT2D eigenvalue weighted by atomic mass is 14.1. The summed E-state index contributed by atoms with van der Waals surface area (Å²) >= 11 is 0. The number of hydrogen-bond donors (Lipinski definition) is 0. The molecule has 0 aliphatic carbocycles. The lowest BCUT2D eigenvalue weighted by atomic mass is 9.93. The first-order chi connectivity index (χ1) is 9.71.